The van der Waals surface area contributed by atoms with Gasteiger partial charge in [-0.2, -0.15) is 0 Å². The molecule has 0 amide bonds. The Morgan fingerprint density at radius 1 is 1.05 bits per heavy atom. The third kappa shape index (κ3) is 4.83. The van der Waals surface area contributed by atoms with Crippen LogP contribution in [0, 0.1) is 11.3 Å². The second kappa shape index (κ2) is 7.57. The standard InChI is InChI=1S/C17H28N4/c1-14(2)12-20-8-10-21(11-9-20)13-16(17(18)19)15-6-4-3-5-7-15/h3-7,14,16H,8-13H2,1-2H3,(H3,18,19). The first-order valence-corrected chi connectivity index (χ1v) is 7.90. The van der Waals surface area contributed by atoms with Crippen molar-refractivity contribution < 1.29 is 0 Å². The van der Waals surface area contributed by atoms with Gasteiger partial charge in [0, 0.05) is 39.3 Å². The maximum absolute atomic E-state index is 7.88. The molecular weight excluding hydrogens is 260 g/mol. The van der Waals surface area contributed by atoms with Crippen molar-refractivity contribution in [3.8, 4) is 0 Å². The lowest BCUT2D eigenvalue weighted by Crippen LogP contribution is -2.49. The summed E-state index contributed by atoms with van der Waals surface area (Å²) in [6.07, 6.45) is 0. The van der Waals surface area contributed by atoms with E-state index in [-0.39, 0.29) is 11.8 Å². The lowest BCUT2D eigenvalue weighted by atomic mass is 9.97. The van der Waals surface area contributed by atoms with Gasteiger partial charge in [0.15, 0.2) is 0 Å². The monoisotopic (exact) mass is 288 g/mol. The van der Waals surface area contributed by atoms with Crippen LogP contribution in [0.5, 0.6) is 0 Å². The molecule has 1 unspecified atom stereocenters. The van der Waals surface area contributed by atoms with Crippen LogP contribution in [0.25, 0.3) is 0 Å². The molecule has 1 aromatic rings. The SMILES string of the molecule is CC(C)CN1CCN(CC(C(=N)N)c2ccccc2)CC1. The van der Waals surface area contributed by atoms with Gasteiger partial charge >= 0.3 is 0 Å². The molecule has 0 bridgehead atoms. The normalized spacial score (nSPS) is 18.8. The molecule has 1 heterocycles. The quantitative estimate of drug-likeness (QED) is 0.621. The first-order valence-electron chi connectivity index (χ1n) is 7.90. The summed E-state index contributed by atoms with van der Waals surface area (Å²) in [4.78, 5) is 4.97. The predicted octanol–water partition coefficient (Wildman–Crippen LogP) is 1.98. The summed E-state index contributed by atoms with van der Waals surface area (Å²) < 4.78 is 0. The van der Waals surface area contributed by atoms with E-state index in [1.807, 2.05) is 18.2 Å². The lowest BCUT2D eigenvalue weighted by Gasteiger charge is -2.37. The zero-order valence-corrected chi connectivity index (χ0v) is 13.3. The van der Waals surface area contributed by atoms with Gasteiger partial charge < -0.3 is 10.6 Å². The fraction of sp³-hybridized carbons (Fsp3) is 0.588. The Labute approximate surface area is 128 Å². The molecule has 3 N–H and O–H groups in total. The minimum Gasteiger partial charge on any atom is -0.387 e. The third-order valence-corrected chi connectivity index (χ3v) is 4.11. The maximum Gasteiger partial charge on any atom is 0.0995 e. The fourth-order valence-corrected chi connectivity index (χ4v) is 3.00. The maximum atomic E-state index is 7.88. The topological polar surface area (TPSA) is 56.4 Å². The number of nitrogens with two attached hydrogens (primary N) is 1. The van der Waals surface area contributed by atoms with E-state index in [2.05, 4.69) is 35.8 Å². The van der Waals surface area contributed by atoms with Crippen LogP contribution in [0.15, 0.2) is 30.3 Å². The largest absolute Gasteiger partial charge is 0.387 e. The lowest BCUT2D eigenvalue weighted by molar-refractivity contribution is 0.121. The van der Waals surface area contributed by atoms with Gasteiger partial charge in [-0.25, -0.2) is 0 Å². The molecule has 0 radical (unpaired) electrons. The molecule has 21 heavy (non-hydrogen) atoms. The summed E-state index contributed by atoms with van der Waals surface area (Å²) in [6.45, 7) is 11.0. The second-order valence-corrected chi connectivity index (χ2v) is 6.41. The van der Waals surface area contributed by atoms with E-state index in [4.69, 9.17) is 11.1 Å². The van der Waals surface area contributed by atoms with Crippen molar-refractivity contribution in [2.24, 2.45) is 11.7 Å². The van der Waals surface area contributed by atoms with Crippen molar-refractivity contribution in [3.05, 3.63) is 35.9 Å². The average Bonchev–Trinajstić information content (AvgIpc) is 2.46. The number of rotatable bonds is 6. The first kappa shape index (κ1) is 16.0. The molecule has 2 rings (SSSR count). The Bertz CT molecular complexity index is 435. The first-order chi connectivity index (χ1) is 10.1. The minimum atomic E-state index is 0.0165. The number of nitrogens with one attached hydrogen (secondary N) is 1. The molecule has 0 saturated carbocycles. The number of amidine groups is 1. The molecule has 0 aliphatic carbocycles. The number of hydrogen-bond acceptors (Lipinski definition) is 3. The Kier molecular flexibility index (Phi) is 5.76. The minimum absolute atomic E-state index is 0.0165. The van der Waals surface area contributed by atoms with Gasteiger partial charge in [0.05, 0.1) is 11.8 Å². The molecule has 1 aliphatic rings. The molecule has 1 aromatic carbocycles. The van der Waals surface area contributed by atoms with Crippen molar-refractivity contribution in [3.63, 3.8) is 0 Å². The molecule has 116 valence electrons. The van der Waals surface area contributed by atoms with Gasteiger partial charge in [-0.3, -0.25) is 10.3 Å². The van der Waals surface area contributed by atoms with E-state index in [9.17, 15) is 0 Å². The van der Waals surface area contributed by atoms with Gasteiger partial charge in [-0.05, 0) is 11.5 Å². The van der Waals surface area contributed by atoms with E-state index in [0.717, 1.165) is 44.2 Å². The van der Waals surface area contributed by atoms with Crippen LogP contribution in [-0.2, 0) is 0 Å². The highest BCUT2D eigenvalue weighted by atomic mass is 15.3. The van der Waals surface area contributed by atoms with Gasteiger partial charge in [0.25, 0.3) is 0 Å². The number of nitrogens with zero attached hydrogens (tertiary/aromatic N) is 2. The third-order valence-electron chi connectivity index (χ3n) is 4.11. The molecule has 1 saturated heterocycles. The Hall–Kier alpha value is -1.39. The van der Waals surface area contributed by atoms with Crippen LogP contribution in [0.1, 0.15) is 25.3 Å². The number of piperazine rings is 1. The highest BCUT2D eigenvalue weighted by Gasteiger charge is 2.22. The fourth-order valence-electron chi connectivity index (χ4n) is 3.00. The van der Waals surface area contributed by atoms with Crippen molar-refractivity contribution in [2.45, 2.75) is 19.8 Å². The summed E-state index contributed by atoms with van der Waals surface area (Å²) in [5.41, 5.74) is 6.97. The Balaban J connectivity index is 1.90. The summed E-state index contributed by atoms with van der Waals surface area (Å²) in [5.74, 6) is 1.01. The zero-order valence-electron chi connectivity index (χ0n) is 13.3. The highest BCUT2D eigenvalue weighted by Crippen LogP contribution is 2.18. The van der Waals surface area contributed by atoms with Crippen molar-refractivity contribution >= 4 is 5.84 Å². The van der Waals surface area contributed by atoms with E-state index >= 15 is 0 Å². The van der Waals surface area contributed by atoms with E-state index < -0.39 is 0 Å². The smallest absolute Gasteiger partial charge is 0.0995 e. The second-order valence-electron chi connectivity index (χ2n) is 6.41. The molecule has 0 aromatic heterocycles. The molecule has 1 aliphatic heterocycles. The molecule has 1 fully saturated rings. The van der Waals surface area contributed by atoms with E-state index in [0.29, 0.717) is 0 Å². The van der Waals surface area contributed by atoms with E-state index in [1.165, 1.54) is 6.54 Å². The molecule has 1 atom stereocenters. The van der Waals surface area contributed by atoms with Gasteiger partial charge in [0.2, 0.25) is 0 Å². The predicted molar refractivity (Wildman–Crippen MR) is 88.8 cm³/mol. The summed E-state index contributed by atoms with van der Waals surface area (Å²) in [6, 6.07) is 10.2. The number of benzene rings is 1. The van der Waals surface area contributed by atoms with E-state index in [1.54, 1.807) is 0 Å². The van der Waals surface area contributed by atoms with Crippen LogP contribution >= 0.6 is 0 Å². The molecule has 0 spiro atoms. The van der Waals surface area contributed by atoms with Crippen LogP contribution in [0.2, 0.25) is 0 Å². The van der Waals surface area contributed by atoms with Crippen molar-refractivity contribution in [2.75, 3.05) is 39.3 Å². The van der Waals surface area contributed by atoms with Crippen LogP contribution in [0.3, 0.4) is 0 Å². The highest BCUT2D eigenvalue weighted by molar-refractivity contribution is 5.84. The summed E-state index contributed by atoms with van der Waals surface area (Å²) in [7, 11) is 0. The van der Waals surface area contributed by atoms with Crippen molar-refractivity contribution in [1.29, 1.82) is 5.41 Å². The molecular formula is C17H28N4. The molecule has 4 nitrogen and oxygen atoms in total. The van der Waals surface area contributed by atoms with Gasteiger partial charge in [-0.15, -0.1) is 0 Å². The molecule has 4 heteroatoms. The van der Waals surface area contributed by atoms with Crippen LogP contribution < -0.4 is 5.73 Å². The Morgan fingerprint density at radius 3 is 2.05 bits per heavy atom. The number of hydrogen-bond donors (Lipinski definition) is 2. The zero-order chi connectivity index (χ0) is 15.2. The van der Waals surface area contributed by atoms with Crippen molar-refractivity contribution in [1.82, 2.24) is 9.80 Å². The van der Waals surface area contributed by atoms with Crippen LogP contribution in [0.4, 0.5) is 0 Å². The summed E-state index contributed by atoms with van der Waals surface area (Å²) >= 11 is 0. The van der Waals surface area contributed by atoms with Gasteiger partial charge in [0.1, 0.15) is 0 Å². The van der Waals surface area contributed by atoms with Crippen LogP contribution in [-0.4, -0.2) is 54.9 Å². The van der Waals surface area contributed by atoms with Gasteiger partial charge in [-0.1, -0.05) is 44.2 Å². The Morgan fingerprint density at radius 2 is 1.57 bits per heavy atom. The average molecular weight is 288 g/mol. The summed E-state index contributed by atoms with van der Waals surface area (Å²) in [5, 5.41) is 7.88.